The first-order chi connectivity index (χ1) is 15.4. The van der Waals surface area contributed by atoms with Crippen LogP contribution in [0.25, 0.3) is 5.65 Å². The average molecular weight is 453 g/mol. The first-order valence-electron chi connectivity index (χ1n) is 9.62. The zero-order valence-electron chi connectivity index (χ0n) is 16.9. The normalized spacial score (nSPS) is 10.7. The van der Waals surface area contributed by atoms with Gasteiger partial charge in [0.25, 0.3) is 5.56 Å². The molecule has 0 radical (unpaired) electrons. The minimum Gasteiger partial charge on any atom is -0.487 e. The van der Waals surface area contributed by atoms with Gasteiger partial charge in [0.15, 0.2) is 0 Å². The number of urea groups is 1. The lowest BCUT2D eigenvalue weighted by atomic mass is 10.3. The Morgan fingerprint density at radius 1 is 1.09 bits per heavy atom. The number of hydrogen-bond donors (Lipinski definition) is 2. The number of hydrogen-bond acceptors (Lipinski definition) is 4. The lowest BCUT2D eigenvalue weighted by Crippen LogP contribution is -2.19. The molecule has 7 nitrogen and oxygen atoms in total. The molecule has 0 aliphatic rings. The fourth-order valence-electron chi connectivity index (χ4n) is 3.02. The number of aromatic nitrogens is 2. The number of halogens is 2. The van der Waals surface area contributed by atoms with E-state index in [9.17, 15) is 14.0 Å². The van der Waals surface area contributed by atoms with Crippen molar-refractivity contribution in [2.45, 2.75) is 13.5 Å². The van der Waals surface area contributed by atoms with E-state index in [0.717, 1.165) is 5.56 Å². The van der Waals surface area contributed by atoms with Gasteiger partial charge in [0.1, 0.15) is 23.8 Å². The van der Waals surface area contributed by atoms with Crippen molar-refractivity contribution in [2.75, 3.05) is 10.6 Å². The van der Waals surface area contributed by atoms with Crippen LogP contribution in [-0.2, 0) is 6.61 Å². The van der Waals surface area contributed by atoms with Gasteiger partial charge in [-0.05, 0) is 48.9 Å². The van der Waals surface area contributed by atoms with Crippen LogP contribution in [0.5, 0.6) is 5.75 Å². The maximum absolute atomic E-state index is 13.2. The van der Waals surface area contributed by atoms with Crippen LogP contribution in [0.15, 0.2) is 71.7 Å². The monoisotopic (exact) mass is 452 g/mol. The third-order valence-electron chi connectivity index (χ3n) is 4.52. The summed E-state index contributed by atoms with van der Waals surface area (Å²) >= 11 is 5.72. The third-order valence-corrected chi connectivity index (χ3v) is 4.81. The number of carbonyl (C=O) groups is 1. The molecule has 0 saturated carbocycles. The van der Waals surface area contributed by atoms with Gasteiger partial charge >= 0.3 is 6.03 Å². The van der Waals surface area contributed by atoms with Crippen LogP contribution in [0.3, 0.4) is 0 Å². The summed E-state index contributed by atoms with van der Waals surface area (Å²) in [6.07, 6.45) is 1.73. The number of nitrogens with one attached hydrogen (secondary N) is 2. The van der Waals surface area contributed by atoms with Crippen molar-refractivity contribution in [3.05, 3.63) is 99.3 Å². The van der Waals surface area contributed by atoms with E-state index < -0.39 is 11.8 Å². The fraction of sp³-hybridized carbons (Fsp3) is 0.0870. The van der Waals surface area contributed by atoms with Crippen molar-refractivity contribution in [3.8, 4) is 5.75 Å². The Morgan fingerprint density at radius 3 is 2.66 bits per heavy atom. The number of amides is 2. The predicted octanol–water partition coefficient (Wildman–Crippen LogP) is 5.02. The maximum atomic E-state index is 13.2. The van der Waals surface area contributed by atoms with Gasteiger partial charge < -0.3 is 15.4 Å². The molecule has 0 atom stereocenters. The average Bonchev–Trinajstić information content (AvgIpc) is 2.76. The van der Waals surface area contributed by atoms with Gasteiger partial charge in [-0.2, -0.15) is 0 Å². The lowest BCUT2D eigenvalue weighted by molar-refractivity contribution is 0.262. The quantitative estimate of drug-likeness (QED) is 0.445. The summed E-state index contributed by atoms with van der Waals surface area (Å²) in [4.78, 5) is 29.0. The summed E-state index contributed by atoms with van der Waals surface area (Å²) in [7, 11) is 0. The smallest absolute Gasteiger partial charge is 0.323 e. The van der Waals surface area contributed by atoms with E-state index >= 15 is 0 Å². The number of anilines is 2. The number of carbonyl (C=O) groups excluding carboxylic acids is 1. The molecule has 0 spiro atoms. The van der Waals surface area contributed by atoms with E-state index in [2.05, 4.69) is 15.6 Å². The van der Waals surface area contributed by atoms with Gasteiger partial charge in [-0.3, -0.25) is 9.20 Å². The number of ether oxygens (including phenoxy) is 1. The van der Waals surface area contributed by atoms with Crippen LogP contribution in [0.4, 0.5) is 20.6 Å². The van der Waals surface area contributed by atoms with Gasteiger partial charge in [-0.25, -0.2) is 14.2 Å². The minimum atomic E-state index is -0.568. The Morgan fingerprint density at radius 2 is 1.88 bits per heavy atom. The SMILES string of the molecule is Cc1ccc2nc(COc3cccc(NC(=O)Nc4ccc(F)c(Cl)c4)c3)cc(=O)n2c1. The molecule has 2 amide bonds. The van der Waals surface area contributed by atoms with Crippen LogP contribution in [0.1, 0.15) is 11.3 Å². The van der Waals surface area contributed by atoms with Gasteiger partial charge in [-0.1, -0.05) is 23.7 Å². The molecule has 0 fully saturated rings. The molecule has 9 heteroatoms. The first-order valence-corrected chi connectivity index (χ1v) is 10.00. The minimum absolute atomic E-state index is 0.0867. The second-order valence-corrected chi connectivity index (χ2v) is 7.45. The molecule has 4 aromatic rings. The first kappa shape index (κ1) is 21.3. The highest BCUT2D eigenvalue weighted by Crippen LogP contribution is 2.21. The zero-order chi connectivity index (χ0) is 22.7. The van der Waals surface area contributed by atoms with E-state index in [1.165, 1.54) is 28.7 Å². The molecule has 2 heterocycles. The highest BCUT2D eigenvalue weighted by Gasteiger charge is 2.08. The molecule has 0 saturated heterocycles. The highest BCUT2D eigenvalue weighted by molar-refractivity contribution is 6.31. The molecule has 0 aliphatic heterocycles. The number of fused-ring (bicyclic) bond motifs is 1. The van der Waals surface area contributed by atoms with Gasteiger partial charge in [-0.15, -0.1) is 0 Å². The molecule has 162 valence electrons. The van der Waals surface area contributed by atoms with Crippen molar-refractivity contribution >= 4 is 34.7 Å². The van der Waals surface area contributed by atoms with Crippen molar-refractivity contribution in [3.63, 3.8) is 0 Å². The molecule has 0 aliphatic carbocycles. The Kier molecular flexibility index (Phi) is 6.04. The van der Waals surface area contributed by atoms with Crippen LogP contribution in [-0.4, -0.2) is 15.4 Å². The van der Waals surface area contributed by atoms with Crippen LogP contribution < -0.4 is 20.9 Å². The van der Waals surface area contributed by atoms with Gasteiger partial charge in [0, 0.05) is 29.7 Å². The molecular weight excluding hydrogens is 435 g/mol. The van der Waals surface area contributed by atoms with Gasteiger partial charge in [0.2, 0.25) is 0 Å². The Labute approximate surface area is 187 Å². The second-order valence-electron chi connectivity index (χ2n) is 7.04. The predicted molar refractivity (Wildman–Crippen MR) is 121 cm³/mol. The number of pyridine rings is 1. The fourth-order valence-corrected chi connectivity index (χ4v) is 3.20. The largest absolute Gasteiger partial charge is 0.487 e. The summed E-state index contributed by atoms with van der Waals surface area (Å²) in [5.41, 5.74) is 2.63. The summed E-state index contributed by atoms with van der Waals surface area (Å²) in [5.74, 6) is -0.0836. The Bertz CT molecular complexity index is 1370. The molecule has 0 bridgehead atoms. The summed E-state index contributed by atoms with van der Waals surface area (Å²) in [5, 5.41) is 5.15. The molecule has 4 rings (SSSR count). The molecule has 2 aromatic carbocycles. The summed E-state index contributed by atoms with van der Waals surface area (Å²) < 4.78 is 20.5. The molecular formula is C23H18ClFN4O3. The van der Waals surface area contributed by atoms with E-state index in [0.29, 0.717) is 28.5 Å². The lowest BCUT2D eigenvalue weighted by Gasteiger charge is -2.11. The molecule has 32 heavy (non-hydrogen) atoms. The number of nitrogens with zero attached hydrogens (tertiary/aromatic N) is 2. The van der Waals surface area contributed by atoms with Crippen LogP contribution >= 0.6 is 11.6 Å². The van der Waals surface area contributed by atoms with Crippen LogP contribution in [0, 0.1) is 12.7 Å². The standard InChI is InChI=1S/C23H18ClFN4O3/c1-14-5-8-21-26-17(11-22(30)29(21)12-14)13-32-18-4-2-3-15(9-18)27-23(31)28-16-6-7-20(25)19(24)10-16/h2-12H,13H2,1H3,(H2,27,28,31). The van der Waals surface area contributed by atoms with Crippen molar-refractivity contribution in [1.82, 2.24) is 9.38 Å². The van der Waals surface area contributed by atoms with Crippen LogP contribution in [0.2, 0.25) is 5.02 Å². The zero-order valence-corrected chi connectivity index (χ0v) is 17.7. The Hall–Kier alpha value is -3.91. The van der Waals surface area contributed by atoms with E-state index in [4.69, 9.17) is 16.3 Å². The topological polar surface area (TPSA) is 84.7 Å². The van der Waals surface area contributed by atoms with E-state index in [1.54, 1.807) is 36.5 Å². The number of rotatable bonds is 5. The number of aryl methyl sites for hydroxylation is 1. The van der Waals surface area contributed by atoms with Gasteiger partial charge in [0.05, 0.1) is 10.7 Å². The summed E-state index contributed by atoms with van der Waals surface area (Å²) in [6, 6.07) is 15.2. The molecule has 0 unspecified atom stereocenters. The molecule has 2 aromatic heterocycles. The van der Waals surface area contributed by atoms with Crippen molar-refractivity contribution in [1.29, 1.82) is 0 Å². The highest BCUT2D eigenvalue weighted by atomic mass is 35.5. The van der Waals surface area contributed by atoms with Crippen molar-refractivity contribution in [2.24, 2.45) is 0 Å². The number of benzene rings is 2. The van der Waals surface area contributed by atoms with E-state index in [1.807, 2.05) is 13.0 Å². The van der Waals surface area contributed by atoms with Crippen molar-refractivity contribution < 1.29 is 13.9 Å². The third kappa shape index (κ3) is 5.04. The maximum Gasteiger partial charge on any atom is 0.323 e. The Balaban J connectivity index is 1.41. The molecule has 2 N–H and O–H groups in total. The second kappa shape index (κ2) is 9.07. The summed E-state index contributed by atoms with van der Waals surface area (Å²) in [6.45, 7) is 1.99. The van der Waals surface area contributed by atoms with E-state index in [-0.39, 0.29) is 17.2 Å².